The molecule has 0 aliphatic carbocycles. The number of thiophene rings is 1. The number of hydrogen-bond donors (Lipinski definition) is 3. The maximum atomic E-state index is 13.3. The number of amides is 3. The van der Waals surface area contributed by atoms with Gasteiger partial charge in [-0.25, -0.2) is 0 Å². The minimum atomic E-state index is -0.816. The van der Waals surface area contributed by atoms with Crippen molar-refractivity contribution in [3.05, 3.63) is 58.6 Å². The van der Waals surface area contributed by atoms with Gasteiger partial charge >= 0.3 is 0 Å². The lowest BCUT2D eigenvalue weighted by Crippen LogP contribution is -2.51. The monoisotopic (exact) mass is 476 g/mol. The van der Waals surface area contributed by atoms with Gasteiger partial charge in [0, 0.05) is 19.2 Å². The molecule has 7 nitrogen and oxygen atoms in total. The Morgan fingerprint density at radius 2 is 1.72 bits per heavy atom. The maximum absolute atomic E-state index is 13.3. The largest absolute Gasteiger partial charge is 0.759 e. The van der Waals surface area contributed by atoms with Gasteiger partial charge in [0.05, 0.1) is 16.0 Å². The average molecular weight is 477 g/mol. The highest BCUT2D eigenvalue weighted by Gasteiger charge is 2.35. The summed E-state index contributed by atoms with van der Waals surface area (Å²) in [4.78, 5) is 38.3. The van der Waals surface area contributed by atoms with Crippen LogP contribution < -0.4 is 16.1 Å². The lowest BCUT2D eigenvalue weighted by atomic mass is 9.84. The van der Waals surface area contributed by atoms with E-state index in [9.17, 15) is 19.6 Å². The average Bonchev–Trinajstić information content (AvgIpc) is 3.31. The predicted molar refractivity (Wildman–Crippen MR) is 129 cm³/mol. The van der Waals surface area contributed by atoms with Gasteiger partial charge in [-0.3, -0.25) is 14.4 Å². The summed E-state index contributed by atoms with van der Waals surface area (Å²) in [5, 5.41) is 18.6. The summed E-state index contributed by atoms with van der Waals surface area (Å²) in [5.74, 6) is -2.57. The summed E-state index contributed by atoms with van der Waals surface area (Å²) in [7, 11) is 1.52. The molecule has 0 spiro atoms. The zero-order valence-corrected chi connectivity index (χ0v) is 20.1. The molecule has 0 aliphatic heterocycles. The smallest absolute Gasteiger partial charge is 0.242 e. The van der Waals surface area contributed by atoms with Crippen LogP contribution in [-0.4, -0.2) is 36.6 Å². The number of hydrogen-bond acceptors (Lipinski definition) is 6. The molecular formula is C23H30N3O4S2-. The summed E-state index contributed by atoms with van der Waals surface area (Å²) in [6, 6.07) is 12.5. The molecule has 9 heteroatoms. The Morgan fingerprint density at radius 1 is 1.00 bits per heavy atom. The summed E-state index contributed by atoms with van der Waals surface area (Å²) in [6.07, 6.45) is 0.740. The molecule has 0 radical (unpaired) electrons. The number of carbonyl (C=O) groups excluding carboxylic acids is 3. The first kappa shape index (κ1) is 25.9. The quantitative estimate of drug-likeness (QED) is 0.322. The number of benzene rings is 1. The number of thioether (sulfide) groups is 1. The Labute approximate surface area is 197 Å². The summed E-state index contributed by atoms with van der Waals surface area (Å²) < 4.78 is 1.00. The SMILES string of the molecule is CNC(=O)[C@@H](Cc1ccccc1)NC(=O)[C@H](CC(C)C)[C@H](CSc1cccs1)C(=O)N[O-]. The Morgan fingerprint density at radius 3 is 2.28 bits per heavy atom. The predicted octanol–water partition coefficient (Wildman–Crippen LogP) is 3.21. The molecule has 0 unspecified atom stereocenters. The first-order valence-corrected chi connectivity index (χ1v) is 12.4. The molecule has 0 saturated heterocycles. The van der Waals surface area contributed by atoms with Crippen LogP contribution in [0.4, 0.5) is 0 Å². The minimum absolute atomic E-state index is 0.118. The molecular weight excluding hydrogens is 446 g/mol. The van der Waals surface area contributed by atoms with Gasteiger partial charge in [-0.1, -0.05) is 50.2 Å². The first-order valence-electron chi connectivity index (χ1n) is 10.5. The fourth-order valence-electron chi connectivity index (χ4n) is 3.44. The highest BCUT2D eigenvalue weighted by atomic mass is 32.2. The fraction of sp³-hybridized carbons (Fsp3) is 0.435. The van der Waals surface area contributed by atoms with E-state index in [2.05, 4.69) is 10.6 Å². The van der Waals surface area contributed by atoms with Crippen LogP contribution in [0.15, 0.2) is 52.1 Å². The van der Waals surface area contributed by atoms with Gasteiger partial charge in [0.25, 0.3) is 0 Å². The second-order valence-corrected chi connectivity index (χ2v) is 10.2. The van der Waals surface area contributed by atoms with E-state index in [0.29, 0.717) is 18.6 Å². The highest BCUT2D eigenvalue weighted by molar-refractivity contribution is 8.01. The summed E-state index contributed by atoms with van der Waals surface area (Å²) in [6.45, 7) is 3.91. The van der Waals surface area contributed by atoms with Gasteiger partial charge in [0.2, 0.25) is 17.7 Å². The van der Waals surface area contributed by atoms with Crippen molar-refractivity contribution in [3.8, 4) is 0 Å². The fourth-order valence-corrected chi connectivity index (χ4v) is 5.44. The molecule has 2 aromatic rings. The Hall–Kier alpha value is -2.36. The third-order valence-electron chi connectivity index (χ3n) is 5.05. The molecule has 0 aliphatic rings. The molecule has 174 valence electrons. The summed E-state index contributed by atoms with van der Waals surface area (Å²) >= 11 is 2.98. The highest BCUT2D eigenvalue weighted by Crippen LogP contribution is 2.31. The topological polar surface area (TPSA) is 110 Å². The van der Waals surface area contributed by atoms with Crippen LogP contribution in [0.25, 0.3) is 0 Å². The van der Waals surface area contributed by atoms with Crippen LogP contribution in [-0.2, 0) is 20.8 Å². The Kier molecular flexibility index (Phi) is 10.7. The van der Waals surface area contributed by atoms with Gasteiger partial charge in [0.1, 0.15) is 6.04 Å². The van der Waals surface area contributed by atoms with E-state index in [1.165, 1.54) is 35.6 Å². The van der Waals surface area contributed by atoms with Crippen molar-refractivity contribution in [2.24, 2.45) is 17.8 Å². The van der Waals surface area contributed by atoms with Gasteiger partial charge in [-0.05, 0) is 29.3 Å². The summed E-state index contributed by atoms with van der Waals surface area (Å²) in [5.41, 5.74) is 2.38. The zero-order valence-electron chi connectivity index (χ0n) is 18.5. The molecule has 3 amide bonds. The van der Waals surface area contributed by atoms with Gasteiger partial charge < -0.3 is 21.3 Å². The van der Waals surface area contributed by atoms with E-state index in [-0.39, 0.29) is 11.8 Å². The van der Waals surface area contributed by atoms with Crippen LogP contribution in [0.3, 0.4) is 0 Å². The standard InChI is InChI=1S/C23H30N3O4S2/c1-15(2)12-17(18(22(28)26-30)14-32-20-10-7-11-31-20)21(27)25-19(23(29)24-3)13-16-8-5-4-6-9-16/h4-11,15,17-19H,12-14H2,1-3H3,(H3-,24,25,26,27,28,29,30)/q-1/t17-,18+,19-/m1/s1. The third kappa shape index (κ3) is 7.96. The number of hydroxylamine groups is 1. The van der Waals surface area contributed by atoms with E-state index >= 15 is 0 Å². The molecule has 3 atom stereocenters. The van der Waals surface area contributed by atoms with E-state index in [1.807, 2.05) is 61.7 Å². The second kappa shape index (κ2) is 13.2. The van der Waals surface area contributed by atoms with Crippen molar-refractivity contribution in [1.82, 2.24) is 16.1 Å². The van der Waals surface area contributed by atoms with Crippen molar-refractivity contribution in [2.45, 2.75) is 36.9 Å². The van der Waals surface area contributed by atoms with Crippen LogP contribution in [0.1, 0.15) is 25.8 Å². The molecule has 1 heterocycles. The molecule has 1 aromatic carbocycles. The lowest BCUT2D eigenvalue weighted by Gasteiger charge is -2.29. The molecule has 0 bridgehead atoms. The van der Waals surface area contributed by atoms with Gasteiger partial charge in [0.15, 0.2) is 0 Å². The van der Waals surface area contributed by atoms with Crippen LogP contribution in [0.5, 0.6) is 0 Å². The molecule has 2 rings (SSSR count). The normalized spacial score (nSPS) is 13.8. The first-order chi connectivity index (χ1) is 15.3. The van der Waals surface area contributed by atoms with Gasteiger partial charge in [-0.2, -0.15) is 0 Å². The van der Waals surface area contributed by atoms with Crippen LogP contribution in [0.2, 0.25) is 0 Å². The van der Waals surface area contributed by atoms with E-state index in [1.54, 1.807) is 0 Å². The van der Waals surface area contributed by atoms with Crippen LogP contribution in [0, 0.1) is 23.0 Å². The Bertz CT molecular complexity index is 859. The van der Waals surface area contributed by atoms with Gasteiger partial charge in [-0.15, -0.1) is 23.1 Å². The molecule has 1 aromatic heterocycles. The van der Waals surface area contributed by atoms with Crippen molar-refractivity contribution >= 4 is 40.8 Å². The Balaban J connectivity index is 2.23. The van der Waals surface area contributed by atoms with E-state index < -0.39 is 29.7 Å². The van der Waals surface area contributed by atoms with Crippen molar-refractivity contribution in [3.63, 3.8) is 0 Å². The number of rotatable bonds is 12. The third-order valence-corrected chi connectivity index (χ3v) is 7.30. The number of likely N-dealkylation sites (N-methyl/N-ethyl adjacent to an activating group) is 1. The number of carbonyl (C=O) groups is 3. The molecule has 0 saturated carbocycles. The number of nitrogens with one attached hydrogen (secondary N) is 3. The minimum Gasteiger partial charge on any atom is -0.759 e. The van der Waals surface area contributed by atoms with Crippen molar-refractivity contribution < 1.29 is 14.4 Å². The van der Waals surface area contributed by atoms with E-state index in [0.717, 1.165) is 9.77 Å². The van der Waals surface area contributed by atoms with Crippen LogP contribution >= 0.6 is 23.1 Å². The molecule has 0 fully saturated rings. The maximum Gasteiger partial charge on any atom is 0.242 e. The van der Waals surface area contributed by atoms with Crippen molar-refractivity contribution in [2.75, 3.05) is 12.8 Å². The zero-order chi connectivity index (χ0) is 23.5. The second-order valence-electron chi connectivity index (χ2n) is 7.92. The molecule has 3 N–H and O–H groups in total. The lowest BCUT2D eigenvalue weighted by molar-refractivity contribution is -0.136. The van der Waals surface area contributed by atoms with E-state index in [4.69, 9.17) is 0 Å². The van der Waals surface area contributed by atoms with Crippen molar-refractivity contribution in [1.29, 1.82) is 0 Å². The molecule has 32 heavy (non-hydrogen) atoms.